The Bertz CT molecular complexity index is 1300. The number of nitrogens with one attached hydrogen (secondary N) is 2. The number of anilines is 2. The molecule has 0 fully saturated rings. The summed E-state index contributed by atoms with van der Waals surface area (Å²) in [6.07, 6.45) is 0. The fourth-order valence-corrected chi connectivity index (χ4v) is 5.17. The van der Waals surface area contributed by atoms with E-state index in [0.29, 0.717) is 5.13 Å². The number of para-hydroxylation sites is 1. The van der Waals surface area contributed by atoms with Crippen molar-refractivity contribution in [2.24, 2.45) is 0 Å². The van der Waals surface area contributed by atoms with E-state index in [2.05, 4.69) is 15.0 Å². The summed E-state index contributed by atoms with van der Waals surface area (Å²) in [6, 6.07) is 14.8. The minimum Gasteiger partial charge on any atom is -0.298 e. The van der Waals surface area contributed by atoms with E-state index >= 15 is 0 Å². The summed E-state index contributed by atoms with van der Waals surface area (Å²) in [5.41, 5.74) is 0.728. The van der Waals surface area contributed by atoms with Gasteiger partial charge in [-0.15, -0.1) is 22.7 Å². The van der Waals surface area contributed by atoms with Gasteiger partial charge < -0.3 is 0 Å². The molecule has 4 aromatic rings. The fourth-order valence-electron chi connectivity index (χ4n) is 2.59. The van der Waals surface area contributed by atoms with Crippen molar-refractivity contribution >= 4 is 49.4 Å². The molecule has 0 bridgehead atoms. The van der Waals surface area contributed by atoms with Crippen LogP contribution in [0.2, 0.25) is 0 Å². The third-order valence-electron chi connectivity index (χ3n) is 4.02. The first-order valence-electron chi connectivity index (χ1n) is 8.60. The maximum atomic E-state index is 13.8. The van der Waals surface area contributed by atoms with Gasteiger partial charge in [0.1, 0.15) is 5.82 Å². The number of benzene rings is 2. The van der Waals surface area contributed by atoms with E-state index in [1.54, 1.807) is 11.3 Å². The molecule has 10 heteroatoms. The van der Waals surface area contributed by atoms with Gasteiger partial charge in [-0.3, -0.25) is 14.8 Å². The molecular formula is C20H14FN3O3S3. The zero-order valence-electron chi connectivity index (χ0n) is 15.2. The van der Waals surface area contributed by atoms with E-state index in [4.69, 9.17) is 0 Å². The highest BCUT2D eigenvalue weighted by molar-refractivity contribution is 7.92. The van der Waals surface area contributed by atoms with Crippen LogP contribution in [0, 0.1) is 5.82 Å². The summed E-state index contributed by atoms with van der Waals surface area (Å²) in [4.78, 5) is 17.8. The third kappa shape index (κ3) is 4.40. The first kappa shape index (κ1) is 20.2. The van der Waals surface area contributed by atoms with Crippen molar-refractivity contribution in [2.75, 3.05) is 10.0 Å². The van der Waals surface area contributed by atoms with Crippen molar-refractivity contribution < 1.29 is 17.6 Å². The largest absolute Gasteiger partial charge is 0.298 e. The highest BCUT2D eigenvalue weighted by Crippen LogP contribution is 2.28. The van der Waals surface area contributed by atoms with Gasteiger partial charge in [-0.25, -0.2) is 17.8 Å². The number of carbonyl (C=O) groups excluding carboxylic acids is 1. The number of hydrogen-bond donors (Lipinski definition) is 2. The van der Waals surface area contributed by atoms with Crippen molar-refractivity contribution in [3.8, 4) is 10.6 Å². The van der Waals surface area contributed by atoms with Gasteiger partial charge >= 0.3 is 0 Å². The minimum atomic E-state index is -4.07. The first-order chi connectivity index (χ1) is 14.4. The standard InChI is InChI=1S/C20H14FN3O3S3/c21-15-7-1-2-8-16(15)24-30(26,27)14-6-3-5-13(11-14)19(25)23-20-22-17(12-29-20)18-9-4-10-28-18/h1-12,24H,(H,22,23,25). The van der Waals surface area contributed by atoms with Crippen LogP contribution in [0.3, 0.4) is 0 Å². The number of thiophene rings is 1. The van der Waals surface area contributed by atoms with Crippen molar-refractivity contribution in [1.29, 1.82) is 0 Å². The number of nitrogens with zero attached hydrogens (tertiary/aromatic N) is 1. The third-order valence-corrected chi connectivity index (χ3v) is 7.04. The Morgan fingerprint density at radius 2 is 1.83 bits per heavy atom. The quantitative estimate of drug-likeness (QED) is 0.422. The van der Waals surface area contributed by atoms with Crippen LogP contribution < -0.4 is 10.0 Å². The lowest BCUT2D eigenvalue weighted by Gasteiger charge is -2.10. The molecular weight excluding hydrogens is 445 g/mol. The molecule has 0 radical (unpaired) electrons. The second-order valence-corrected chi connectivity index (χ2v) is 9.57. The van der Waals surface area contributed by atoms with E-state index in [-0.39, 0.29) is 16.1 Å². The number of hydrogen-bond acceptors (Lipinski definition) is 6. The van der Waals surface area contributed by atoms with Crippen molar-refractivity contribution in [2.45, 2.75) is 4.90 Å². The van der Waals surface area contributed by atoms with Crippen LogP contribution in [-0.4, -0.2) is 19.3 Å². The molecule has 0 saturated heterocycles. The Hall–Kier alpha value is -3.08. The molecule has 0 unspecified atom stereocenters. The lowest BCUT2D eigenvalue weighted by atomic mass is 10.2. The average Bonchev–Trinajstić information content (AvgIpc) is 3.41. The number of sulfonamides is 1. The maximum Gasteiger partial charge on any atom is 0.262 e. The summed E-state index contributed by atoms with van der Waals surface area (Å²) in [5, 5.41) is 6.85. The Labute approximate surface area is 180 Å². The van der Waals surface area contributed by atoms with E-state index < -0.39 is 21.7 Å². The molecule has 2 N–H and O–H groups in total. The Morgan fingerprint density at radius 3 is 2.60 bits per heavy atom. The number of aromatic nitrogens is 1. The zero-order valence-corrected chi connectivity index (χ0v) is 17.7. The van der Waals surface area contributed by atoms with E-state index in [9.17, 15) is 17.6 Å². The van der Waals surface area contributed by atoms with Gasteiger partial charge in [-0.1, -0.05) is 24.3 Å². The van der Waals surface area contributed by atoms with E-state index in [0.717, 1.165) is 16.6 Å². The Kier molecular flexibility index (Phi) is 5.62. The molecule has 6 nitrogen and oxygen atoms in total. The van der Waals surface area contributed by atoms with Crippen LogP contribution >= 0.6 is 22.7 Å². The number of thiazole rings is 1. The molecule has 0 saturated carbocycles. The minimum absolute atomic E-state index is 0.138. The molecule has 2 aromatic carbocycles. The summed E-state index contributed by atoms with van der Waals surface area (Å²) in [5.74, 6) is -1.19. The van der Waals surface area contributed by atoms with E-state index in [1.165, 1.54) is 53.8 Å². The average molecular weight is 460 g/mol. The van der Waals surface area contributed by atoms with Gasteiger partial charge in [0.05, 0.1) is 21.2 Å². The smallest absolute Gasteiger partial charge is 0.262 e. The van der Waals surface area contributed by atoms with Gasteiger partial charge in [0.2, 0.25) is 0 Å². The predicted octanol–water partition coefficient (Wildman–Crippen LogP) is 5.06. The molecule has 2 heterocycles. The van der Waals surface area contributed by atoms with Crippen molar-refractivity contribution in [3.05, 3.63) is 82.8 Å². The molecule has 4 rings (SSSR count). The van der Waals surface area contributed by atoms with Crippen LogP contribution in [0.4, 0.5) is 15.2 Å². The number of halogens is 1. The van der Waals surface area contributed by atoms with Gasteiger partial charge in [-0.2, -0.15) is 0 Å². The topological polar surface area (TPSA) is 88.2 Å². The summed E-state index contributed by atoms with van der Waals surface area (Å²) < 4.78 is 41.2. The second kappa shape index (κ2) is 8.34. The highest BCUT2D eigenvalue weighted by Gasteiger charge is 2.18. The SMILES string of the molecule is O=C(Nc1nc(-c2cccs2)cs1)c1cccc(S(=O)(=O)Nc2ccccc2F)c1. The molecule has 30 heavy (non-hydrogen) atoms. The molecule has 1 amide bonds. The van der Waals surface area contributed by atoms with Gasteiger partial charge in [0.25, 0.3) is 15.9 Å². The molecule has 0 aliphatic rings. The molecule has 0 aliphatic heterocycles. The fraction of sp³-hybridized carbons (Fsp3) is 0. The normalized spacial score (nSPS) is 11.2. The van der Waals surface area contributed by atoms with Crippen LogP contribution in [-0.2, 0) is 10.0 Å². The van der Waals surface area contributed by atoms with Crippen LogP contribution in [0.15, 0.2) is 76.3 Å². The summed E-state index contributed by atoms with van der Waals surface area (Å²) in [6.45, 7) is 0. The lowest BCUT2D eigenvalue weighted by molar-refractivity contribution is 0.102. The van der Waals surface area contributed by atoms with Gasteiger partial charge in [0, 0.05) is 10.9 Å². The highest BCUT2D eigenvalue weighted by atomic mass is 32.2. The zero-order chi connectivity index (χ0) is 21.1. The maximum absolute atomic E-state index is 13.8. The van der Waals surface area contributed by atoms with Crippen LogP contribution in [0.5, 0.6) is 0 Å². The van der Waals surface area contributed by atoms with Gasteiger partial charge in [-0.05, 0) is 41.8 Å². The van der Waals surface area contributed by atoms with Crippen molar-refractivity contribution in [1.82, 2.24) is 4.98 Å². The Morgan fingerprint density at radius 1 is 1.00 bits per heavy atom. The lowest BCUT2D eigenvalue weighted by Crippen LogP contribution is -2.16. The molecule has 2 aromatic heterocycles. The van der Waals surface area contributed by atoms with Gasteiger partial charge in [0.15, 0.2) is 5.13 Å². The number of rotatable bonds is 6. The first-order valence-corrected chi connectivity index (χ1v) is 11.8. The molecule has 0 atom stereocenters. The second-order valence-electron chi connectivity index (χ2n) is 6.08. The Balaban J connectivity index is 1.53. The molecule has 0 spiro atoms. The molecule has 0 aliphatic carbocycles. The predicted molar refractivity (Wildman–Crippen MR) is 117 cm³/mol. The van der Waals surface area contributed by atoms with Crippen LogP contribution in [0.1, 0.15) is 10.4 Å². The number of carbonyl (C=O) groups is 1. The summed E-state index contributed by atoms with van der Waals surface area (Å²) in [7, 11) is -4.07. The van der Waals surface area contributed by atoms with Crippen molar-refractivity contribution in [3.63, 3.8) is 0 Å². The van der Waals surface area contributed by atoms with E-state index in [1.807, 2.05) is 22.9 Å². The summed E-state index contributed by atoms with van der Waals surface area (Å²) >= 11 is 2.82. The number of amides is 1. The van der Waals surface area contributed by atoms with Crippen LogP contribution in [0.25, 0.3) is 10.6 Å². The molecule has 152 valence electrons. The monoisotopic (exact) mass is 459 g/mol.